The maximum Gasteiger partial charge on any atom is 0.322 e. The van der Waals surface area contributed by atoms with Gasteiger partial charge in [-0.15, -0.1) is 0 Å². The summed E-state index contributed by atoms with van der Waals surface area (Å²) >= 11 is 0. The van der Waals surface area contributed by atoms with Gasteiger partial charge in [0.05, 0.1) is 0 Å². The van der Waals surface area contributed by atoms with Crippen molar-refractivity contribution in [3.8, 4) is 0 Å². The summed E-state index contributed by atoms with van der Waals surface area (Å²) in [6, 6.07) is 8.14. The van der Waals surface area contributed by atoms with Crippen LogP contribution in [0.3, 0.4) is 0 Å². The van der Waals surface area contributed by atoms with Crippen molar-refractivity contribution in [1.82, 2.24) is 10.2 Å². The zero-order chi connectivity index (χ0) is 15.2. The molecule has 0 bridgehead atoms. The number of amides is 2. The number of carbonyl (C=O) groups excluding carboxylic acids is 1. The third kappa shape index (κ3) is 4.74. The summed E-state index contributed by atoms with van der Waals surface area (Å²) in [6.45, 7) is 9.13. The van der Waals surface area contributed by atoms with Crippen LogP contribution >= 0.6 is 0 Å². The standard InChI is InChI=1S/C17H27N3O/c1-13(2)20(12-15-5-4-10-18-11-15)17(21)19-16-8-6-14(3)7-9-16/h6-9,13,15,18H,4-5,10-12H2,1-3H3,(H,19,21). The number of rotatable bonds is 4. The van der Waals surface area contributed by atoms with Crippen LogP contribution in [-0.4, -0.2) is 36.6 Å². The third-order valence-electron chi connectivity index (χ3n) is 4.04. The molecule has 2 amide bonds. The Morgan fingerprint density at radius 1 is 1.38 bits per heavy atom. The quantitative estimate of drug-likeness (QED) is 0.893. The van der Waals surface area contributed by atoms with E-state index >= 15 is 0 Å². The molecule has 1 heterocycles. The van der Waals surface area contributed by atoms with Gasteiger partial charge in [0.15, 0.2) is 0 Å². The van der Waals surface area contributed by atoms with Crippen LogP contribution in [0, 0.1) is 12.8 Å². The van der Waals surface area contributed by atoms with Crippen molar-refractivity contribution in [2.75, 3.05) is 25.0 Å². The number of piperidine rings is 1. The maximum atomic E-state index is 12.5. The average molecular weight is 289 g/mol. The van der Waals surface area contributed by atoms with Crippen molar-refractivity contribution in [2.45, 2.75) is 39.7 Å². The van der Waals surface area contributed by atoms with Gasteiger partial charge in [0.1, 0.15) is 0 Å². The molecule has 1 aromatic carbocycles. The number of urea groups is 1. The van der Waals surface area contributed by atoms with Crippen molar-refractivity contribution in [2.24, 2.45) is 5.92 Å². The van der Waals surface area contributed by atoms with E-state index in [1.54, 1.807) is 0 Å². The van der Waals surface area contributed by atoms with E-state index in [2.05, 4.69) is 24.5 Å². The van der Waals surface area contributed by atoms with Gasteiger partial charge in [0.25, 0.3) is 0 Å². The lowest BCUT2D eigenvalue weighted by Crippen LogP contribution is -2.46. The van der Waals surface area contributed by atoms with Crippen LogP contribution in [-0.2, 0) is 0 Å². The Balaban J connectivity index is 1.96. The van der Waals surface area contributed by atoms with Gasteiger partial charge in [-0.25, -0.2) is 4.79 Å². The summed E-state index contributed by atoms with van der Waals surface area (Å²) in [5.41, 5.74) is 2.06. The van der Waals surface area contributed by atoms with E-state index in [-0.39, 0.29) is 12.1 Å². The lowest BCUT2D eigenvalue weighted by Gasteiger charge is -2.33. The number of aryl methyl sites for hydroxylation is 1. The lowest BCUT2D eigenvalue weighted by molar-refractivity contribution is 0.176. The van der Waals surface area contributed by atoms with E-state index in [1.807, 2.05) is 36.1 Å². The Morgan fingerprint density at radius 3 is 2.67 bits per heavy atom. The summed E-state index contributed by atoms with van der Waals surface area (Å²) in [5, 5.41) is 6.42. The normalized spacial score (nSPS) is 18.6. The second-order valence-electron chi connectivity index (χ2n) is 6.25. The fourth-order valence-corrected chi connectivity index (χ4v) is 2.72. The number of benzene rings is 1. The number of carbonyl (C=O) groups is 1. The molecule has 1 aliphatic heterocycles. The molecule has 1 fully saturated rings. The number of nitrogens with one attached hydrogen (secondary N) is 2. The zero-order valence-corrected chi connectivity index (χ0v) is 13.4. The molecule has 1 unspecified atom stereocenters. The Morgan fingerprint density at radius 2 is 2.10 bits per heavy atom. The fraction of sp³-hybridized carbons (Fsp3) is 0.588. The Labute approximate surface area is 127 Å². The SMILES string of the molecule is Cc1ccc(NC(=O)N(CC2CCCNC2)C(C)C)cc1. The maximum absolute atomic E-state index is 12.5. The number of anilines is 1. The first-order valence-electron chi connectivity index (χ1n) is 7.91. The first-order chi connectivity index (χ1) is 10.1. The van der Waals surface area contributed by atoms with Crippen molar-refractivity contribution >= 4 is 11.7 Å². The molecule has 1 aromatic rings. The van der Waals surface area contributed by atoms with E-state index in [9.17, 15) is 4.79 Å². The zero-order valence-electron chi connectivity index (χ0n) is 13.4. The predicted octanol–water partition coefficient (Wildman–Crippen LogP) is 3.24. The minimum Gasteiger partial charge on any atom is -0.322 e. The van der Waals surface area contributed by atoms with Crippen molar-refractivity contribution in [3.63, 3.8) is 0 Å². The van der Waals surface area contributed by atoms with E-state index in [0.29, 0.717) is 5.92 Å². The molecule has 4 heteroatoms. The highest BCUT2D eigenvalue weighted by Gasteiger charge is 2.22. The summed E-state index contributed by atoms with van der Waals surface area (Å²) in [4.78, 5) is 14.4. The van der Waals surface area contributed by atoms with Crippen LogP contribution in [0.5, 0.6) is 0 Å². The molecular weight excluding hydrogens is 262 g/mol. The first-order valence-corrected chi connectivity index (χ1v) is 7.91. The van der Waals surface area contributed by atoms with Crippen molar-refractivity contribution < 1.29 is 4.79 Å². The van der Waals surface area contributed by atoms with Crippen LogP contribution in [0.1, 0.15) is 32.3 Å². The molecule has 1 atom stereocenters. The second-order valence-corrected chi connectivity index (χ2v) is 6.25. The van der Waals surface area contributed by atoms with E-state index in [1.165, 1.54) is 18.4 Å². The molecule has 21 heavy (non-hydrogen) atoms. The van der Waals surface area contributed by atoms with Gasteiger partial charge < -0.3 is 15.5 Å². The van der Waals surface area contributed by atoms with E-state index in [0.717, 1.165) is 25.3 Å². The number of hydrogen-bond donors (Lipinski definition) is 2. The van der Waals surface area contributed by atoms with Crippen molar-refractivity contribution in [1.29, 1.82) is 0 Å². The fourth-order valence-electron chi connectivity index (χ4n) is 2.72. The van der Waals surface area contributed by atoms with E-state index in [4.69, 9.17) is 0 Å². The summed E-state index contributed by atoms with van der Waals surface area (Å²) in [7, 11) is 0. The summed E-state index contributed by atoms with van der Waals surface area (Å²) < 4.78 is 0. The predicted molar refractivity (Wildman–Crippen MR) is 87.6 cm³/mol. The molecule has 0 radical (unpaired) electrons. The highest BCUT2D eigenvalue weighted by molar-refractivity contribution is 5.89. The topological polar surface area (TPSA) is 44.4 Å². The Hall–Kier alpha value is -1.55. The largest absolute Gasteiger partial charge is 0.322 e. The first kappa shape index (κ1) is 15.8. The van der Waals surface area contributed by atoms with Gasteiger partial charge >= 0.3 is 6.03 Å². The molecular formula is C17H27N3O. The molecule has 0 aliphatic carbocycles. The second kappa shape index (κ2) is 7.46. The minimum atomic E-state index is -0.000531. The van der Waals surface area contributed by atoms with Crippen LogP contribution in [0.2, 0.25) is 0 Å². The molecule has 0 saturated carbocycles. The lowest BCUT2D eigenvalue weighted by atomic mass is 9.99. The molecule has 0 aromatic heterocycles. The average Bonchev–Trinajstić information content (AvgIpc) is 2.48. The van der Waals surface area contributed by atoms with Gasteiger partial charge in [-0.05, 0) is 64.8 Å². The molecule has 1 saturated heterocycles. The van der Waals surface area contributed by atoms with Gasteiger partial charge in [0.2, 0.25) is 0 Å². The highest BCUT2D eigenvalue weighted by Crippen LogP contribution is 2.16. The van der Waals surface area contributed by atoms with Gasteiger partial charge in [-0.1, -0.05) is 17.7 Å². The molecule has 1 aliphatic rings. The van der Waals surface area contributed by atoms with Crippen LogP contribution in [0.15, 0.2) is 24.3 Å². The smallest absolute Gasteiger partial charge is 0.322 e. The molecule has 2 rings (SSSR count). The summed E-state index contributed by atoms with van der Waals surface area (Å²) in [6.07, 6.45) is 2.41. The van der Waals surface area contributed by atoms with Gasteiger partial charge in [0, 0.05) is 18.3 Å². The minimum absolute atomic E-state index is 0.000531. The Kier molecular flexibility index (Phi) is 5.62. The number of nitrogens with zero attached hydrogens (tertiary/aromatic N) is 1. The van der Waals surface area contributed by atoms with Gasteiger partial charge in [-0.3, -0.25) is 0 Å². The number of hydrogen-bond acceptors (Lipinski definition) is 2. The Bertz CT molecular complexity index is 450. The van der Waals surface area contributed by atoms with Gasteiger partial charge in [-0.2, -0.15) is 0 Å². The van der Waals surface area contributed by atoms with Crippen LogP contribution < -0.4 is 10.6 Å². The third-order valence-corrected chi connectivity index (χ3v) is 4.04. The molecule has 0 spiro atoms. The van der Waals surface area contributed by atoms with Crippen LogP contribution in [0.4, 0.5) is 10.5 Å². The van der Waals surface area contributed by atoms with E-state index < -0.39 is 0 Å². The molecule has 4 nitrogen and oxygen atoms in total. The van der Waals surface area contributed by atoms with Crippen molar-refractivity contribution in [3.05, 3.63) is 29.8 Å². The highest BCUT2D eigenvalue weighted by atomic mass is 16.2. The molecule has 116 valence electrons. The monoisotopic (exact) mass is 289 g/mol. The summed E-state index contributed by atoms with van der Waals surface area (Å²) in [5.74, 6) is 0.560. The molecule has 2 N–H and O–H groups in total. The van der Waals surface area contributed by atoms with Crippen LogP contribution in [0.25, 0.3) is 0 Å².